The van der Waals surface area contributed by atoms with E-state index < -0.39 is 0 Å². The molecule has 0 aromatic carbocycles. The SMILES string of the molecule is C=CCC(C)N(POCCOCCSC(=O)C(C)(C)C)C(C)C. The molecule has 2 unspecified atom stereocenters. The Balaban J connectivity index is 3.71. The summed E-state index contributed by atoms with van der Waals surface area (Å²) in [4.78, 5) is 11.7. The van der Waals surface area contributed by atoms with Crippen LogP contribution >= 0.6 is 20.7 Å². The minimum absolute atomic E-state index is 0.211. The summed E-state index contributed by atoms with van der Waals surface area (Å²) in [6.45, 7) is 17.9. The molecule has 23 heavy (non-hydrogen) atoms. The summed E-state index contributed by atoms with van der Waals surface area (Å²) in [6, 6.07) is 0.885. The highest BCUT2D eigenvalue weighted by molar-refractivity contribution is 8.13. The lowest BCUT2D eigenvalue weighted by molar-refractivity contribution is -0.117. The molecular formula is C17H34NO3PS. The zero-order valence-corrected chi connectivity index (χ0v) is 17.4. The Bertz CT molecular complexity index is 345. The highest BCUT2D eigenvalue weighted by atomic mass is 32.2. The molecule has 0 bridgehead atoms. The molecule has 0 rings (SSSR count). The molecule has 0 amide bonds. The largest absolute Gasteiger partial charge is 0.378 e. The van der Waals surface area contributed by atoms with Gasteiger partial charge in [0, 0.05) is 23.3 Å². The number of carbonyl (C=O) groups is 1. The fourth-order valence-electron chi connectivity index (χ4n) is 1.79. The molecule has 0 saturated heterocycles. The van der Waals surface area contributed by atoms with E-state index in [-0.39, 0.29) is 10.5 Å². The fraction of sp³-hybridized carbons (Fsp3) is 0.824. The van der Waals surface area contributed by atoms with Crippen molar-refractivity contribution in [2.75, 3.05) is 25.6 Å². The normalized spacial score (nSPS) is 14.1. The quantitative estimate of drug-likeness (QED) is 0.290. The van der Waals surface area contributed by atoms with Crippen LogP contribution in [0, 0.1) is 5.41 Å². The minimum Gasteiger partial charge on any atom is -0.378 e. The van der Waals surface area contributed by atoms with Crippen LogP contribution in [0.15, 0.2) is 12.7 Å². The first-order chi connectivity index (χ1) is 10.7. The minimum atomic E-state index is -0.280. The molecule has 0 fully saturated rings. The van der Waals surface area contributed by atoms with E-state index in [1.165, 1.54) is 11.8 Å². The van der Waals surface area contributed by atoms with Crippen LogP contribution in [0.1, 0.15) is 48.0 Å². The van der Waals surface area contributed by atoms with E-state index in [2.05, 4.69) is 32.0 Å². The Labute approximate surface area is 148 Å². The Hall–Kier alpha value is 0.0700. The molecule has 0 heterocycles. The highest BCUT2D eigenvalue weighted by Gasteiger charge is 2.21. The molecular weight excluding hydrogens is 329 g/mol. The van der Waals surface area contributed by atoms with Crippen molar-refractivity contribution < 1.29 is 14.1 Å². The standard InChI is InChI=1S/C17H34NO3PS/c1-8-9-15(4)18(14(2)3)22-21-11-10-20-12-13-23-16(19)17(5,6)7/h8,14-15,22H,1,9-13H2,2-7H3. The van der Waals surface area contributed by atoms with E-state index in [0.717, 1.165) is 6.42 Å². The van der Waals surface area contributed by atoms with Crippen LogP contribution < -0.4 is 0 Å². The van der Waals surface area contributed by atoms with E-state index >= 15 is 0 Å². The van der Waals surface area contributed by atoms with E-state index in [9.17, 15) is 4.79 Å². The third kappa shape index (κ3) is 11.3. The molecule has 6 heteroatoms. The van der Waals surface area contributed by atoms with Gasteiger partial charge in [0.2, 0.25) is 0 Å². The topological polar surface area (TPSA) is 38.8 Å². The Morgan fingerprint density at radius 1 is 1.26 bits per heavy atom. The lowest BCUT2D eigenvalue weighted by Gasteiger charge is -2.31. The predicted molar refractivity (Wildman–Crippen MR) is 103 cm³/mol. The summed E-state index contributed by atoms with van der Waals surface area (Å²) >= 11 is 1.34. The van der Waals surface area contributed by atoms with Crippen LogP contribution in [0.2, 0.25) is 0 Å². The zero-order valence-electron chi connectivity index (χ0n) is 15.6. The maximum Gasteiger partial charge on any atom is 0.194 e. The van der Waals surface area contributed by atoms with Gasteiger partial charge in [0.1, 0.15) is 0 Å². The molecule has 4 nitrogen and oxygen atoms in total. The van der Waals surface area contributed by atoms with Crippen molar-refractivity contribution in [2.45, 2.75) is 60.0 Å². The fourth-order valence-corrected chi connectivity index (χ4v) is 3.43. The van der Waals surface area contributed by atoms with E-state index in [1.54, 1.807) is 0 Å². The predicted octanol–water partition coefficient (Wildman–Crippen LogP) is 4.51. The number of thioether (sulfide) groups is 1. The third-order valence-electron chi connectivity index (χ3n) is 3.11. The zero-order chi connectivity index (χ0) is 17.9. The number of nitrogens with zero attached hydrogens (tertiary/aromatic N) is 1. The lowest BCUT2D eigenvalue weighted by Crippen LogP contribution is -2.31. The second-order valence-electron chi connectivity index (χ2n) is 6.81. The van der Waals surface area contributed by atoms with Gasteiger partial charge in [-0.3, -0.25) is 9.46 Å². The van der Waals surface area contributed by atoms with Gasteiger partial charge in [-0.25, -0.2) is 0 Å². The van der Waals surface area contributed by atoms with Gasteiger partial charge < -0.3 is 9.26 Å². The molecule has 0 aliphatic carbocycles. The number of carbonyl (C=O) groups excluding carboxylic acids is 1. The number of hydrogen-bond acceptors (Lipinski definition) is 5. The number of rotatable bonds is 12. The Kier molecular flexibility index (Phi) is 12.5. The first-order valence-corrected chi connectivity index (χ1v) is 10.1. The summed E-state index contributed by atoms with van der Waals surface area (Å²) < 4.78 is 13.6. The van der Waals surface area contributed by atoms with Crippen LogP contribution in [-0.2, 0) is 14.1 Å². The maximum atomic E-state index is 11.7. The Morgan fingerprint density at radius 2 is 1.91 bits per heavy atom. The van der Waals surface area contributed by atoms with Crippen molar-refractivity contribution in [1.29, 1.82) is 0 Å². The maximum absolute atomic E-state index is 11.7. The molecule has 2 atom stereocenters. The van der Waals surface area contributed by atoms with E-state index in [1.807, 2.05) is 26.8 Å². The molecule has 0 aromatic heterocycles. The van der Waals surface area contributed by atoms with Crippen molar-refractivity contribution in [2.24, 2.45) is 5.41 Å². The van der Waals surface area contributed by atoms with Gasteiger partial charge in [0.25, 0.3) is 0 Å². The molecule has 0 aromatic rings. The van der Waals surface area contributed by atoms with Crippen molar-refractivity contribution in [3.63, 3.8) is 0 Å². The van der Waals surface area contributed by atoms with Crippen LogP contribution in [0.4, 0.5) is 0 Å². The van der Waals surface area contributed by atoms with Crippen LogP contribution in [0.5, 0.6) is 0 Å². The van der Waals surface area contributed by atoms with Crippen molar-refractivity contribution in [3.8, 4) is 0 Å². The summed E-state index contributed by atoms with van der Waals surface area (Å²) in [5, 5.41) is 0.211. The molecule has 0 spiro atoms. The Morgan fingerprint density at radius 3 is 2.43 bits per heavy atom. The van der Waals surface area contributed by atoms with Crippen molar-refractivity contribution in [3.05, 3.63) is 12.7 Å². The second-order valence-corrected chi connectivity index (χ2v) is 8.87. The third-order valence-corrected chi connectivity index (χ3v) is 5.86. The summed E-state index contributed by atoms with van der Waals surface area (Å²) in [5.41, 5.74) is -0.280. The average Bonchev–Trinajstić information content (AvgIpc) is 2.43. The molecule has 0 aliphatic rings. The average molecular weight is 364 g/mol. The first-order valence-electron chi connectivity index (χ1n) is 8.21. The van der Waals surface area contributed by atoms with Gasteiger partial charge in [-0.05, 0) is 27.2 Å². The summed E-state index contributed by atoms with van der Waals surface area (Å²) in [5.74, 6) is 0.701. The number of ether oxygens (including phenoxy) is 1. The smallest absolute Gasteiger partial charge is 0.194 e. The van der Waals surface area contributed by atoms with Crippen LogP contribution in [-0.4, -0.2) is 47.4 Å². The number of hydrogen-bond donors (Lipinski definition) is 0. The molecule has 0 N–H and O–H groups in total. The molecule has 136 valence electrons. The molecule has 0 aliphatic heterocycles. The van der Waals surface area contributed by atoms with Gasteiger partial charge in [-0.1, -0.05) is 38.6 Å². The van der Waals surface area contributed by atoms with Crippen LogP contribution in [0.3, 0.4) is 0 Å². The second kappa shape index (κ2) is 12.4. The van der Waals surface area contributed by atoms with Gasteiger partial charge in [-0.15, -0.1) is 6.58 Å². The summed E-state index contributed by atoms with van der Waals surface area (Å²) in [7, 11) is 0.341. The lowest BCUT2D eigenvalue weighted by atomic mass is 10.00. The first kappa shape index (κ1) is 23.1. The van der Waals surface area contributed by atoms with Gasteiger partial charge in [0.05, 0.1) is 28.8 Å². The summed E-state index contributed by atoms with van der Waals surface area (Å²) in [6.07, 6.45) is 2.91. The molecule has 0 saturated carbocycles. The van der Waals surface area contributed by atoms with E-state index in [0.29, 0.717) is 46.6 Å². The monoisotopic (exact) mass is 363 g/mol. The van der Waals surface area contributed by atoms with Gasteiger partial charge >= 0.3 is 0 Å². The van der Waals surface area contributed by atoms with Gasteiger partial charge in [0.15, 0.2) is 5.12 Å². The van der Waals surface area contributed by atoms with Crippen molar-refractivity contribution >= 4 is 25.8 Å². The van der Waals surface area contributed by atoms with Gasteiger partial charge in [-0.2, -0.15) is 0 Å². The highest BCUT2D eigenvalue weighted by Crippen LogP contribution is 2.27. The van der Waals surface area contributed by atoms with Crippen molar-refractivity contribution in [1.82, 2.24) is 4.67 Å². The molecule has 0 radical (unpaired) electrons. The van der Waals surface area contributed by atoms with Crippen LogP contribution in [0.25, 0.3) is 0 Å². The van der Waals surface area contributed by atoms with E-state index in [4.69, 9.17) is 9.26 Å².